The molecule has 0 saturated carbocycles. The van der Waals surface area contributed by atoms with E-state index in [0.29, 0.717) is 5.02 Å². The van der Waals surface area contributed by atoms with Gasteiger partial charge in [0.15, 0.2) is 0 Å². The van der Waals surface area contributed by atoms with E-state index in [1.165, 1.54) is 18.5 Å². The van der Waals surface area contributed by atoms with Gasteiger partial charge in [-0.05, 0) is 68.7 Å². The van der Waals surface area contributed by atoms with Gasteiger partial charge in [0.2, 0.25) is 5.91 Å². The van der Waals surface area contributed by atoms with Gasteiger partial charge >= 0.3 is 0 Å². The average Bonchev–Trinajstić information content (AvgIpc) is 3.10. The lowest BCUT2D eigenvalue weighted by Gasteiger charge is -2.24. The molecular weight excluding hydrogens is 320 g/mol. The summed E-state index contributed by atoms with van der Waals surface area (Å²) in [5.74, 6) is -0.0289. The van der Waals surface area contributed by atoms with Crippen molar-refractivity contribution in [1.29, 1.82) is 0 Å². The van der Waals surface area contributed by atoms with E-state index in [-0.39, 0.29) is 5.91 Å². The van der Waals surface area contributed by atoms with Gasteiger partial charge in [0, 0.05) is 29.5 Å². The fourth-order valence-electron chi connectivity index (χ4n) is 3.02. The van der Waals surface area contributed by atoms with Gasteiger partial charge in [-0.1, -0.05) is 23.7 Å². The van der Waals surface area contributed by atoms with Gasteiger partial charge in [0.25, 0.3) is 0 Å². The maximum absolute atomic E-state index is 12.7. The van der Waals surface area contributed by atoms with Gasteiger partial charge in [-0.15, -0.1) is 0 Å². The van der Waals surface area contributed by atoms with Crippen molar-refractivity contribution in [1.82, 2.24) is 0 Å². The Hall–Kier alpha value is -2.00. The highest BCUT2D eigenvalue weighted by molar-refractivity contribution is 6.30. The summed E-state index contributed by atoms with van der Waals surface area (Å²) in [6.07, 6.45) is 2.52. The normalized spacial score (nSPS) is 14.7. The number of amides is 1. The molecule has 0 atom stereocenters. The predicted molar refractivity (Wildman–Crippen MR) is 101 cm³/mol. The standard InChI is InChI=1S/C20H23ClN2O/c1-20(2,15-5-7-16(21)8-6-15)19(24)22-17-9-11-18(12-10-17)23-13-3-4-14-23/h5-12H,3-4,13-14H2,1-2H3,(H,22,24). The van der Waals surface area contributed by atoms with Crippen molar-refractivity contribution in [2.24, 2.45) is 0 Å². The fraction of sp³-hybridized carbons (Fsp3) is 0.350. The van der Waals surface area contributed by atoms with E-state index in [0.717, 1.165) is 24.3 Å². The van der Waals surface area contributed by atoms with Crippen LogP contribution in [-0.2, 0) is 10.2 Å². The summed E-state index contributed by atoms with van der Waals surface area (Å²) in [6.45, 7) is 6.08. The molecule has 1 heterocycles. The molecule has 1 N–H and O–H groups in total. The van der Waals surface area contributed by atoms with Crippen LogP contribution in [0.5, 0.6) is 0 Å². The van der Waals surface area contributed by atoms with Crippen molar-refractivity contribution >= 4 is 28.9 Å². The quantitative estimate of drug-likeness (QED) is 0.860. The highest BCUT2D eigenvalue weighted by Gasteiger charge is 2.29. The number of halogens is 1. The molecule has 1 fully saturated rings. The molecule has 1 aliphatic rings. The molecule has 0 aliphatic carbocycles. The molecule has 2 aromatic carbocycles. The third kappa shape index (κ3) is 3.57. The lowest BCUT2D eigenvalue weighted by atomic mass is 9.83. The van der Waals surface area contributed by atoms with Crippen LogP contribution in [0.3, 0.4) is 0 Å². The third-order valence-corrected chi connectivity index (χ3v) is 4.98. The summed E-state index contributed by atoms with van der Waals surface area (Å²) in [4.78, 5) is 15.1. The van der Waals surface area contributed by atoms with Crippen molar-refractivity contribution in [2.75, 3.05) is 23.3 Å². The minimum Gasteiger partial charge on any atom is -0.372 e. The van der Waals surface area contributed by atoms with Crippen molar-refractivity contribution in [3.63, 3.8) is 0 Å². The summed E-state index contributed by atoms with van der Waals surface area (Å²) in [6, 6.07) is 15.5. The molecule has 0 radical (unpaired) electrons. The summed E-state index contributed by atoms with van der Waals surface area (Å²) in [7, 11) is 0. The smallest absolute Gasteiger partial charge is 0.234 e. The zero-order valence-corrected chi connectivity index (χ0v) is 14.9. The third-order valence-electron chi connectivity index (χ3n) is 4.73. The summed E-state index contributed by atoms with van der Waals surface area (Å²) < 4.78 is 0. The van der Waals surface area contributed by atoms with Gasteiger partial charge in [-0.25, -0.2) is 0 Å². The molecule has 24 heavy (non-hydrogen) atoms. The summed E-state index contributed by atoms with van der Waals surface area (Å²) in [5.41, 5.74) is 2.36. The van der Waals surface area contributed by atoms with Crippen LogP contribution in [0, 0.1) is 0 Å². The first kappa shape index (κ1) is 16.8. The number of carbonyl (C=O) groups excluding carboxylic acids is 1. The van der Waals surface area contributed by atoms with Gasteiger partial charge in [-0.2, -0.15) is 0 Å². The van der Waals surface area contributed by atoms with Gasteiger partial charge in [0.05, 0.1) is 5.41 Å². The topological polar surface area (TPSA) is 32.3 Å². The molecule has 2 aromatic rings. The maximum atomic E-state index is 12.7. The van der Waals surface area contributed by atoms with Crippen LogP contribution in [-0.4, -0.2) is 19.0 Å². The highest BCUT2D eigenvalue weighted by atomic mass is 35.5. The molecule has 4 heteroatoms. The fourth-order valence-corrected chi connectivity index (χ4v) is 3.14. The van der Waals surface area contributed by atoms with Crippen molar-refractivity contribution < 1.29 is 4.79 Å². The Balaban J connectivity index is 1.70. The minimum atomic E-state index is -0.627. The van der Waals surface area contributed by atoms with E-state index in [1.54, 1.807) is 0 Å². The first-order chi connectivity index (χ1) is 11.5. The molecule has 126 valence electrons. The zero-order chi connectivity index (χ0) is 17.2. The number of rotatable bonds is 4. The second kappa shape index (κ2) is 6.86. The number of carbonyl (C=O) groups is 1. The highest BCUT2D eigenvalue weighted by Crippen LogP contribution is 2.27. The van der Waals surface area contributed by atoms with Crippen LogP contribution < -0.4 is 10.2 Å². The Morgan fingerprint density at radius 2 is 1.58 bits per heavy atom. The lowest BCUT2D eigenvalue weighted by molar-refractivity contribution is -0.120. The minimum absolute atomic E-state index is 0.0289. The van der Waals surface area contributed by atoms with E-state index in [1.807, 2.05) is 50.2 Å². The first-order valence-corrected chi connectivity index (χ1v) is 8.77. The molecule has 0 bridgehead atoms. The molecule has 0 aromatic heterocycles. The molecule has 1 amide bonds. The van der Waals surface area contributed by atoms with Gasteiger partial charge in [0.1, 0.15) is 0 Å². The molecular formula is C20H23ClN2O. The number of nitrogens with one attached hydrogen (secondary N) is 1. The van der Waals surface area contributed by atoms with E-state index in [9.17, 15) is 4.79 Å². The molecule has 3 nitrogen and oxygen atoms in total. The SMILES string of the molecule is CC(C)(C(=O)Nc1ccc(N2CCCC2)cc1)c1ccc(Cl)cc1. The van der Waals surface area contributed by atoms with Crippen LogP contribution in [0.2, 0.25) is 5.02 Å². The largest absolute Gasteiger partial charge is 0.372 e. The Morgan fingerprint density at radius 3 is 2.17 bits per heavy atom. The van der Waals surface area contributed by atoms with Crippen LogP contribution >= 0.6 is 11.6 Å². The van der Waals surface area contributed by atoms with Crippen molar-refractivity contribution in [2.45, 2.75) is 32.1 Å². The number of hydrogen-bond acceptors (Lipinski definition) is 2. The maximum Gasteiger partial charge on any atom is 0.234 e. The monoisotopic (exact) mass is 342 g/mol. The second-order valence-electron chi connectivity index (χ2n) is 6.83. The second-order valence-corrected chi connectivity index (χ2v) is 7.26. The molecule has 0 unspecified atom stereocenters. The molecule has 1 aliphatic heterocycles. The van der Waals surface area contributed by atoms with Crippen LogP contribution in [0.4, 0.5) is 11.4 Å². The number of benzene rings is 2. The number of hydrogen-bond donors (Lipinski definition) is 1. The van der Waals surface area contributed by atoms with Crippen molar-refractivity contribution in [3.05, 3.63) is 59.1 Å². The first-order valence-electron chi connectivity index (χ1n) is 8.39. The van der Waals surface area contributed by atoms with Gasteiger partial charge < -0.3 is 10.2 Å². The van der Waals surface area contributed by atoms with E-state index in [4.69, 9.17) is 11.6 Å². The zero-order valence-electron chi connectivity index (χ0n) is 14.2. The molecule has 1 saturated heterocycles. The Bertz CT molecular complexity index is 701. The Labute approximate surface area is 148 Å². The van der Waals surface area contributed by atoms with E-state index < -0.39 is 5.41 Å². The van der Waals surface area contributed by atoms with Crippen LogP contribution in [0.1, 0.15) is 32.3 Å². The van der Waals surface area contributed by atoms with E-state index >= 15 is 0 Å². The number of nitrogens with zero attached hydrogens (tertiary/aromatic N) is 1. The Kier molecular flexibility index (Phi) is 4.81. The van der Waals surface area contributed by atoms with Crippen LogP contribution in [0.15, 0.2) is 48.5 Å². The van der Waals surface area contributed by atoms with Crippen LogP contribution in [0.25, 0.3) is 0 Å². The van der Waals surface area contributed by atoms with E-state index in [2.05, 4.69) is 22.3 Å². The Morgan fingerprint density at radius 1 is 1.00 bits per heavy atom. The molecule has 3 rings (SSSR count). The summed E-state index contributed by atoms with van der Waals surface area (Å²) >= 11 is 5.94. The molecule has 0 spiro atoms. The lowest BCUT2D eigenvalue weighted by Crippen LogP contribution is -2.34. The average molecular weight is 343 g/mol. The predicted octanol–water partition coefficient (Wildman–Crippen LogP) is 4.86. The number of anilines is 2. The van der Waals surface area contributed by atoms with Gasteiger partial charge in [-0.3, -0.25) is 4.79 Å². The van der Waals surface area contributed by atoms with Crippen molar-refractivity contribution in [3.8, 4) is 0 Å². The summed E-state index contributed by atoms with van der Waals surface area (Å²) in [5, 5.41) is 3.70.